The van der Waals surface area contributed by atoms with Gasteiger partial charge in [-0.05, 0) is 44.0 Å². The summed E-state index contributed by atoms with van der Waals surface area (Å²) in [6, 6.07) is 17.0. The molecule has 0 spiro atoms. The van der Waals surface area contributed by atoms with Crippen molar-refractivity contribution in [1.29, 1.82) is 10.5 Å². The molecule has 3 rings (SSSR count). The number of nitrogens with one attached hydrogen (secondary N) is 1. The average Bonchev–Trinajstić information content (AvgIpc) is 3.24. The van der Waals surface area contributed by atoms with Crippen molar-refractivity contribution in [2.24, 2.45) is 0 Å². The van der Waals surface area contributed by atoms with Crippen molar-refractivity contribution in [2.45, 2.75) is 39.2 Å². The number of nitrogens with zero attached hydrogens (tertiary/aromatic N) is 3. The molecule has 31 heavy (non-hydrogen) atoms. The fraction of sp³-hybridized carbons (Fsp3) is 0.250. The zero-order valence-electron chi connectivity index (χ0n) is 17.5. The lowest BCUT2D eigenvalue weighted by Gasteiger charge is -2.19. The van der Waals surface area contributed by atoms with Crippen LogP contribution in [0.5, 0.6) is 5.75 Å². The van der Waals surface area contributed by atoms with Gasteiger partial charge in [-0.1, -0.05) is 36.8 Å². The average molecular weight is 431 g/mol. The van der Waals surface area contributed by atoms with Gasteiger partial charge in [0.2, 0.25) is 0 Å². The second-order valence-electron chi connectivity index (χ2n) is 7.12. The monoisotopic (exact) mass is 430 g/mol. The third-order valence-electron chi connectivity index (χ3n) is 4.72. The Hall–Kier alpha value is -3.68. The van der Waals surface area contributed by atoms with Gasteiger partial charge in [-0.3, -0.25) is 4.79 Å². The van der Waals surface area contributed by atoms with Gasteiger partial charge in [-0.15, -0.1) is 11.3 Å². The summed E-state index contributed by atoms with van der Waals surface area (Å²) >= 11 is 1.27. The summed E-state index contributed by atoms with van der Waals surface area (Å²) in [6.45, 7) is 5.88. The second kappa shape index (κ2) is 9.88. The minimum atomic E-state index is -0.880. The molecule has 0 aliphatic rings. The Kier molecular flexibility index (Phi) is 7.02. The highest BCUT2D eigenvalue weighted by atomic mass is 32.1. The Morgan fingerprint density at radius 1 is 1.19 bits per heavy atom. The van der Waals surface area contributed by atoms with Gasteiger partial charge in [0.1, 0.15) is 10.8 Å². The predicted octanol–water partition coefficient (Wildman–Crippen LogP) is 5.35. The van der Waals surface area contributed by atoms with Gasteiger partial charge in [0.25, 0.3) is 5.91 Å². The van der Waals surface area contributed by atoms with Crippen LogP contribution in [0.4, 0.5) is 5.69 Å². The minimum Gasteiger partial charge on any atom is -0.480 e. The first kappa shape index (κ1) is 22.0. The third-order valence-corrected chi connectivity index (χ3v) is 5.63. The number of rotatable bonds is 7. The zero-order chi connectivity index (χ0) is 22.4. The lowest BCUT2D eigenvalue weighted by Crippen LogP contribution is -2.32. The predicted molar refractivity (Wildman–Crippen MR) is 121 cm³/mol. The standard InChI is InChI=1S/C24H22N4O2S/c1-4-21(30-22-9-8-15(2)10-16(22)3)23(29)27-19-7-5-6-17(11-19)20-14-31-24(28-20)18(12-25)13-26/h5-11,14,18,21H,4H2,1-3H3,(H,27,29). The van der Waals surface area contributed by atoms with Crippen molar-refractivity contribution in [1.82, 2.24) is 4.98 Å². The number of ether oxygens (including phenoxy) is 1. The molecule has 156 valence electrons. The van der Waals surface area contributed by atoms with Crippen LogP contribution in [0.1, 0.15) is 35.4 Å². The molecule has 0 radical (unpaired) electrons. The fourth-order valence-electron chi connectivity index (χ4n) is 3.08. The van der Waals surface area contributed by atoms with Gasteiger partial charge in [0.05, 0.1) is 17.8 Å². The largest absolute Gasteiger partial charge is 0.480 e. The maximum absolute atomic E-state index is 12.8. The van der Waals surface area contributed by atoms with E-state index in [4.69, 9.17) is 15.3 Å². The van der Waals surface area contributed by atoms with Crippen LogP contribution in [-0.4, -0.2) is 17.0 Å². The summed E-state index contributed by atoms with van der Waals surface area (Å²) < 4.78 is 5.97. The Morgan fingerprint density at radius 3 is 2.65 bits per heavy atom. The molecule has 0 aliphatic heterocycles. The van der Waals surface area contributed by atoms with Crippen molar-refractivity contribution >= 4 is 22.9 Å². The molecular formula is C24H22N4O2S. The Morgan fingerprint density at radius 2 is 1.97 bits per heavy atom. The highest BCUT2D eigenvalue weighted by Gasteiger charge is 2.20. The zero-order valence-corrected chi connectivity index (χ0v) is 18.4. The lowest BCUT2D eigenvalue weighted by molar-refractivity contribution is -0.122. The molecule has 3 aromatic rings. The summed E-state index contributed by atoms with van der Waals surface area (Å²) in [5.74, 6) is -0.414. The highest BCUT2D eigenvalue weighted by molar-refractivity contribution is 7.10. The minimum absolute atomic E-state index is 0.229. The first-order valence-corrected chi connectivity index (χ1v) is 10.7. The van der Waals surface area contributed by atoms with E-state index in [1.165, 1.54) is 11.3 Å². The number of aryl methyl sites for hydroxylation is 2. The second-order valence-corrected chi connectivity index (χ2v) is 8.01. The number of aromatic nitrogens is 1. The van der Waals surface area contributed by atoms with Crippen LogP contribution in [0.3, 0.4) is 0 Å². The molecule has 2 aromatic carbocycles. The number of thiazole rings is 1. The molecule has 0 aliphatic carbocycles. The molecule has 7 heteroatoms. The summed E-state index contributed by atoms with van der Waals surface area (Å²) in [7, 11) is 0. The first-order chi connectivity index (χ1) is 14.9. The number of nitriles is 2. The Labute approximate surface area is 185 Å². The van der Waals surface area contributed by atoms with Crippen molar-refractivity contribution < 1.29 is 9.53 Å². The molecule has 1 amide bonds. The van der Waals surface area contributed by atoms with E-state index in [0.717, 1.165) is 16.7 Å². The third kappa shape index (κ3) is 5.28. The Balaban J connectivity index is 1.74. The maximum atomic E-state index is 12.8. The summed E-state index contributed by atoms with van der Waals surface area (Å²) in [5, 5.41) is 23.3. The van der Waals surface area contributed by atoms with Crippen LogP contribution in [0.15, 0.2) is 47.8 Å². The van der Waals surface area contributed by atoms with E-state index in [1.54, 1.807) is 11.4 Å². The molecule has 1 atom stereocenters. The normalized spacial score (nSPS) is 11.4. The topological polar surface area (TPSA) is 98.8 Å². The molecule has 6 nitrogen and oxygen atoms in total. The lowest BCUT2D eigenvalue weighted by atomic mass is 10.1. The molecule has 1 unspecified atom stereocenters. The summed E-state index contributed by atoms with van der Waals surface area (Å²) in [5.41, 5.74) is 4.20. The molecule has 1 heterocycles. The van der Waals surface area contributed by atoms with Crippen LogP contribution < -0.4 is 10.1 Å². The number of benzene rings is 2. The number of hydrogen-bond donors (Lipinski definition) is 1. The van der Waals surface area contributed by atoms with Gasteiger partial charge in [0.15, 0.2) is 12.0 Å². The van der Waals surface area contributed by atoms with Gasteiger partial charge in [-0.25, -0.2) is 4.98 Å². The van der Waals surface area contributed by atoms with E-state index in [0.29, 0.717) is 28.6 Å². The fourth-order valence-corrected chi connectivity index (χ4v) is 3.89. The molecular weight excluding hydrogens is 408 g/mol. The van der Waals surface area contributed by atoms with Crippen molar-refractivity contribution in [2.75, 3.05) is 5.32 Å². The quantitative estimate of drug-likeness (QED) is 0.544. The van der Waals surface area contributed by atoms with E-state index in [-0.39, 0.29) is 5.91 Å². The molecule has 0 saturated heterocycles. The number of carbonyl (C=O) groups is 1. The molecule has 0 bridgehead atoms. The summed E-state index contributed by atoms with van der Waals surface area (Å²) in [6.07, 6.45) is -0.0965. The van der Waals surface area contributed by atoms with E-state index < -0.39 is 12.0 Å². The number of carbonyl (C=O) groups excluding carboxylic acids is 1. The molecule has 1 aromatic heterocycles. The molecule has 0 saturated carbocycles. The van der Waals surface area contributed by atoms with Crippen molar-refractivity contribution in [3.05, 3.63) is 64.0 Å². The van der Waals surface area contributed by atoms with Gasteiger partial charge in [0, 0.05) is 16.6 Å². The van der Waals surface area contributed by atoms with Crippen LogP contribution in [-0.2, 0) is 4.79 Å². The Bertz CT molecular complexity index is 1160. The summed E-state index contributed by atoms with van der Waals surface area (Å²) in [4.78, 5) is 17.2. The highest BCUT2D eigenvalue weighted by Crippen LogP contribution is 2.28. The van der Waals surface area contributed by atoms with Gasteiger partial charge >= 0.3 is 0 Å². The first-order valence-electron chi connectivity index (χ1n) is 9.85. The van der Waals surface area contributed by atoms with Crippen LogP contribution in [0.25, 0.3) is 11.3 Å². The number of amides is 1. The van der Waals surface area contributed by atoms with Crippen LogP contribution in [0, 0.1) is 36.5 Å². The van der Waals surface area contributed by atoms with E-state index >= 15 is 0 Å². The van der Waals surface area contributed by atoms with Gasteiger partial charge < -0.3 is 10.1 Å². The van der Waals surface area contributed by atoms with Crippen LogP contribution >= 0.6 is 11.3 Å². The van der Waals surface area contributed by atoms with Crippen LogP contribution in [0.2, 0.25) is 0 Å². The van der Waals surface area contributed by atoms with Gasteiger partial charge in [-0.2, -0.15) is 10.5 Å². The number of anilines is 1. The van der Waals surface area contributed by atoms with Crippen molar-refractivity contribution in [3.8, 4) is 29.1 Å². The molecule has 0 fully saturated rings. The van der Waals surface area contributed by atoms with E-state index in [9.17, 15) is 4.79 Å². The smallest absolute Gasteiger partial charge is 0.265 e. The maximum Gasteiger partial charge on any atom is 0.265 e. The van der Waals surface area contributed by atoms with Crippen molar-refractivity contribution in [3.63, 3.8) is 0 Å². The SMILES string of the molecule is CCC(Oc1ccc(C)cc1C)C(=O)Nc1cccc(-c2csc(C(C#N)C#N)n2)c1. The van der Waals surface area contributed by atoms with E-state index in [1.807, 2.05) is 69.3 Å². The van der Waals surface area contributed by atoms with E-state index in [2.05, 4.69) is 10.3 Å². The number of hydrogen-bond acceptors (Lipinski definition) is 6. The molecule has 1 N–H and O–H groups in total.